The van der Waals surface area contributed by atoms with Gasteiger partial charge in [0.05, 0.1) is 5.92 Å². The van der Waals surface area contributed by atoms with Crippen molar-refractivity contribution in [2.45, 2.75) is 25.3 Å². The normalized spacial score (nSPS) is 22.1. The molecule has 0 amide bonds. The van der Waals surface area contributed by atoms with E-state index in [1.807, 2.05) is 25.1 Å². The van der Waals surface area contributed by atoms with Crippen molar-refractivity contribution in [3.8, 4) is 11.4 Å². The largest absolute Gasteiger partial charge is 0.338 e. The molecule has 1 aromatic carbocycles. The Balaban J connectivity index is 1.90. The zero-order valence-corrected chi connectivity index (χ0v) is 10.5. The molecule has 1 aromatic heterocycles. The van der Waals surface area contributed by atoms with Crippen LogP contribution >= 0.6 is 0 Å². The summed E-state index contributed by atoms with van der Waals surface area (Å²) in [5.41, 5.74) is 7.24. The first-order chi connectivity index (χ1) is 9.11. The van der Waals surface area contributed by atoms with Crippen LogP contribution < -0.4 is 5.73 Å². The second-order valence-electron chi connectivity index (χ2n) is 4.86. The van der Waals surface area contributed by atoms with Gasteiger partial charge in [-0.2, -0.15) is 4.98 Å². The minimum atomic E-state index is -0.302. The van der Waals surface area contributed by atoms with Crippen LogP contribution in [0.25, 0.3) is 11.4 Å². The van der Waals surface area contributed by atoms with Crippen LogP contribution in [0.3, 0.4) is 0 Å². The van der Waals surface area contributed by atoms with E-state index in [4.69, 9.17) is 10.3 Å². The Morgan fingerprint density at radius 3 is 2.84 bits per heavy atom. The summed E-state index contributed by atoms with van der Waals surface area (Å²) >= 11 is 0. The Labute approximate surface area is 110 Å². The summed E-state index contributed by atoms with van der Waals surface area (Å²) in [6.07, 6.45) is 4.67. The fourth-order valence-corrected chi connectivity index (χ4v) is 2.28. The molecule has 19 heavy (non-hydrogen) atoms. The molecule has 0 aliphatic heterocycles. The van der Waals surface area contributed by atoms with Crippen LogP contribution in [0, 0.1) is 12.7 Å². The van der Waals surface area contributed by atoms with E-state index >= 15 is 0 Å². The van der Waals surface area contributed by atoms with Crippen LogP contribution in [0.15, 0.2) is 34.9 Å². The minimum absolute atomic E-state index is 0.0387. The number of nitrogens with two attached hydrogens (primary N) is 1. The van der Waals surface area contributed by atoms with Crippen molar-refractivity contribution in [3.05, 3.63) is 47.6 Å². The van der Waals surface area contributed by atoms with Crippen molar-refractivity contribution in [2.75, 3.05) is 0 Å². The number of halogens is 1. The number of nitrogens with zero attached hydrogens (tertiary/aromatic N) is 2. The summed E-state index contributed by atoms with van der Waals surface area (Å²) in [7, 11) is 0. The first kappa shape index (κ1) is 12.0. The lowest BCUT2D eigenvalue weighted by atomic mass is 10.1. The Kier molecular flexibility index (Phi) is 2.91. The molecule has 1 aliphatic carbocycles. The van der Waals surface area contributed by atoms with Crippen molar-refractivity contribution in [2.24, 2.45) is 5.73 Å². The third-order valence-corrected chi connectivity index (χ3v) is 3.18. The van der Waals surface area contributed by atoms with E-state index in [2.05, 4.69) is 10.1 Å². The molecule has 1 heterocycles. The van der Waals surface area contributed by atoms with Crippen molar-refractivity contribution < 1.29 is 8.91 Å². The maximum Gasteiger partial charge on any atom is 0.233 e. The zero-order chi connectivity index (χ0) is 13.4. The van der Waals surface area contributed by atoms with Gasteiger partial charge in [0.2, 0.25) is 11.7 Å². The molecule has 0 radical (unpaired) electrons. The fourth-order valence-electron chi connectivity index (χ4n) is 2.28. The van der Waals surface area contributed by atoms with Gasteiger partial charge in [0.15, 0.2) is 0 Å². The highest BCUT2D eigenvalue weighted by Crippen LogP contribution is 2.28. The highest BCUT2D eigenvalue weighted by atomic mass is 19.1. The number of hydrogen-bond acceptors (Lipinski definition) is 4. The molecular formula is C14H14FN3O. The molecule has 1 aliphatic rings. The zero-order valence-electron chi connectivity index (χ0n) is 10.5. The van der Waals surface area contributed by atoms with Crippen LogP contribution in [0.1, 0.15) is 23.8 Å². The average Bonchev–Trinajstić information content (AvgIpc) is 2.95. The van der Waals surface area contributed by atoms with Gasteiger partial charge in [-0.05, 0) is 37.1 Å². The quantitative estimate of drug-likeness (QED) is 0.842. The number of rotatable bonds is 2. The molecule has 0 saturated carbocycles. The van der Waals surface area contributed by atoms with E-state index in [1.54, 1.807) is 0 Å². The van der Waals surface area contributed by atoms with E-state index in [-0.39, 0.29) is 17.8 Å². The van der Waals surface area contributed by atoms with Gasteiger partial charge in [-0.3, -0.25) is 0 Å². The summed E-state index contributed by atoms with van der Waals surface area (Å²) in [5, 5.41) is 3.91. The molecule has 0 bridgehead atoms. The summed E-state index contributed by atoms with van der Waals surface area (Å²) < 4.78 is 18.6. The predicted molar refractivity (Wildman–Crippen MR) is 68.9 cm³/mol. The lowest BCUT2D eigenvalue weighted by Crippen LogP contribution is -2.14. The molecule has 2 N–H and O–H groups in total. The molecule has 2 aromatic rings. The fraction of sp³-hybridized carbons (Fsp3) is 0.286. The van der Waals surface area contributed by atoms with Gasteiger partial charge in [-0.1, -0.05) is 17.3 Å². The monoisotopic (exact) mass is 259 g/mol. The number of aromatic nitrogens is 2. The van der Waals surface area contributed by atoms with Gasteiger partial charge in [-0.25, -0.2) is 4.39 Å². The average molecular weight is 259 g/mol. The SMILES string of the molecule is Cc1cc(F)cc(-c2noc(C3C=CC(N)C3)n2)c1. The van der Waals surface area contributed by atoms with Crippen LogP contribution in [0.5, 0.6) is 0 Å². The Hall–Kier alpha value is -2.01. The lowest BCUT2D eigenvalue weighted by molar-refractivity contribution is 0.365. The molecule has 5 heteroatoms. The molecule has 98 valence electrons. The van der Waals surface area contributed by atoms with E-state index in [9.17, 15) is 4.39 Å². The molecule has 0 fully saturated rings. The van der Waals surface area contributed by atoms with E-state index in [0.717, 1.165) is 12.0 Å². The van der Waals surface area contributed by atoms with Crippen LogP contribution in [0.4, 0.5) is 4.39 Å². The molecule has 0 saturated heterocycles. The van der Waals surface area contributed by atoms with E-state index in [1.165, 1.54) is 12.1 Å². The van der Waals surface area contributed by atoms with Gasteiger partial charge >= 0.3 is 0 Å². The maximum atomic E-state index is 13.4. The molecule has 0 spiro atoms. The van der Waals surface area contributed by atoms with E-state index < -0.39 is 0 Å². The van der Waals surface area contributed by atoms with Gasteiger partial charge < -0.3 is 10.3 Å². The van der Waals surface area contributed by atoms with Crippen molar-refractivity contribution in [1.82, 2.24) is 10.1 Å². The molecule has 3 rings (SSSR count). The smallest absolute Gasteiger partial charge is 0.233 e. The highest BCUT2D eigenvalue weighted by Gasteiger charge is 2.23. The van der Waals surface area contributed by atoms with Gasteiger partial charge in [0.1, 0.15) is 5.82 Å². The number of allylic oxidation sites excluding steroid dienone is 1. The van der Waals surface area contributed by atoms with Crippen molar-refractivity contribution in [3.63, 3.8) is 0 Å². The third kappa shape index (κ3) is 2.42. The molecule has 2 atom stereocenters. The first-order valence-electron chi connectivity index (χ1n) is 6.17. The second kappa shape index (κ2) is 4.59. The summed E-state index contributed by atoms with van der Waals surface area (Å²) in [5.74, 6) is 0.697. The topological polar surface area (TPSA) is 64.9 Å². The Bertz CT molecular complexity index is 615. The molecule has 2 unspecified atom stereocenters. The lowest BCUT2D eigenvalue weighted by Gasteiger charge is -2.02. The summed E-state index contributed by atoms with van der Waals surface area (Å²) in [6.45, 7) is 1.83. The predicted octanol–water partition coefficient (Wildman–Crippen LogP) is 2.55. The molecular weight excluding hydrogens is 245 g/mol. The standard InChI is InChI=1S/C14H14FN3O/c1-8-4-10(6-11(15)5-8)13-17-14(19-18-13)9-2-3-12(16)7-9/h2-6,9,12H,7,16H2,1H3. The maximum absolute atomic E-state index is 13.4. The highest BCUT2D eigenvalue weighted by molar-refractivity contribution is 5.55. The Morgan fingerprint density at radius 1 is 1.32 bits per heavy atom. The van der Waals surface area contributed by atoms with Gasteiger partial charge in [0, 0.05) is 11.6 Å². The first-order valence-corrected chi connectivity index (χ1v) is 6.17. The van der Waals surface area contributed by atoms with Crippen molar-refractivity contribution in [1.29, 1.82) is 0 Å². The Morgan fingerprint density at radius 2 is 2.16 bits per heavy atom. The van der Waals surface area contributed by atoms with Crippen LogP contribution in [-0.4, -0.2) is 16.2 Å². The summed E-state index contributed by atoms with van der Waals surface area (Å²) in [4.78, 5) is 4.33. The number of aryl methyl sites for hydroxylation is 1. The van der Waals surface area contributed by atoms with Crippen LogP contribution in [0.2, 0.25) is 0 Å². The molecule has 4 nitrogen and oxygen atoms in total. The van der Waals surface area contributed by atoms with Crippen molar-refractivity contribution >= 4 is 0 Å². The number of hydrogen-bond donors (Lipinski definition) is 1. The van der Waals surface area contributed by atoms with Gasteiger partial charge in [0.25, 0.3) is 0 Å². The van der Waals surface area contributed by atoms with Gasteiger partial charge in [-0.15, -0.1) is 0 Å². The second-order valence-corrected chi connectivity index (χ2v) is 4.86. The number of benzene rings is 1. The summed E-state index contributed by atoms with van der Waals surface area (Å²) in [6, 6.07) is 4.73. The van der Waals surface area contributed by atoms with Crippen LogP contribution in [-0.2, 0) is 0 Å². The van der Waals surface area contributed by atoms with E-state index in [0.29, 0.717) is 17.3 Å². The minimum Gasteiger partial charge on any atom is -0.338 e. The third-order valence-electron chi connectivity index (χ3n) is 3.18.